The lowest BCUT2D eigenvalue weighted by Crippen LogP contribution is -2.38. The number of carbonyl (C=O) groups is 1. The molecule has 1 atom stereocenters. The molecule has 0 heterocycles. The maximum atomic E-state index is 11.4. The van der Waals surface area contributed by atoms with Crippen molar-refractivity contribution in [2.75, 3.05) is 13.7 Å². The van der Waals surface area contributed by atoms with Gasteiger partial charge in [-0.15, -0.1) is 0 Å². The molecule has 0 amide bonds. The van der Waals surface area contributed by atoms with E-state index in [2.05, 4.69) is 0 Å². The highest BCUT2D eigenvalue weighted by Gasteiger charge is 2.35. The molecule has 0 aliphatic heterocycles. The van der Waals surface area contributed by atoms with Crippen LogP contribution in [-0.4, -0.2) is 28.0 Å². The van der Waals surface area contributed by atoms with Crippen LogP contribution in [0, 0.1) is 0 Å². The summed E-state index contributed by atoms with van der Waals surface area (Å²) in [7, 11) is -0.206. The molecular formula is C9H20O3Si. The Labute approximate surface area is 81.6 Å². The molecule has 0 radical (unpaired) electrons. The van der Waals surface area contributed by atoms with Crippen molar-refractivity contribution in [2.24, 2.45) is 0 Å². The van der Waals surface area contributed by atoms with Crippen LogP contribution in [-0.2, 0) is 14.0 Å². The molecule has 0 aromatic carbocycles. The molecule has 0 aliphatic rings. The van der Waals surface area contributed by atoms with E-state index in [0.29, 0.717) is 6.61 Å². The normalized spacial score (nSPS) is 13.9. The Bertz CT molecular complexity index is 168. The number of ether oxygens (including phenoxy) is 1. The number of rotatable bonds is 5. The van der Waals surface area contributed by atoms with Gasteiger partial charge in [-0.05, 0) is 19.5 Å². The van der Waals surface area contributed by atoms with Gasteiger partial charge in [0.2, 0.25) is 0 Å². The second kappa shape index (κ2) is 5.39. The summed E-state index contributed by atoms with van der Waals surface area (Å²) in [5.41, 5.74) is -0.0935. The lowest BCUT2D eigenvalue weighted by Gasteiger charge is -2.25. The molecule has 0 rings (SSSR count). The molecule has 0 aromatic heterocycles. The summed E-state index contributed by atoms with van der Waals surface area (Å²) in [4.78, 5) is 11.4. The van der Waals surface area contributed by atoms with Crippen LogP contribution in [0.4, 0.5) is 0 Å². The molecular weight excluding hydrogens is 184 g/mol. The molecule has 0 spiro atoms. The van der Waals surface area contributed by atoms with E-state index in [1.165, 1.54) is 0 Å². The standard InChI is InChI=1S/C9H20O3Si/c1-6-7-12-9(10)8(2)13(4,5)11-3/h8H,6-7H2,1-5H3. The van der Waals surface area contributed by atoms with Gasteiger partial charge in [-0.25, -0.2) is 0 Å². The van der Waals surface area contributed by atoms with Gasteiger partial charge in [0.15, 0.2) is 8.32 Å². The highest BCUT2D eigenvalue weighted by Crippen LogP contribution is 2.22. The van der Waals surface area contributed by atoms with Gasteiger partial charge in [0, 0.05) is 7.11 Å². The average Bonchev–Trinajstić information content (AvgIpc) is 2.12. The number of carbonyl (C=O) groups excluding carboxylic acids is 1. The number of esters is 1. The van der Waals surface area contributed by atoms with Crippen LogP contribution in [0.1, 0.15) is 20.3 Å². The van der Waals surface area contributed by atoms with E-state index in [0.717, 1.165) is 6.42 Å². The van der Waals surface area contributed by atoms with E-state index in [9.17, 15) is 4.79 Å². The first kappa shape index (κ1) is 12.6. The summed E-state index contributed by atoms with van der Waals surface area (Å²) in [5.74, 6) is -0.125. The predicted octanol–water partition coefficient (Wildman–Crippen LogP) is 2.18. The SMILES string of the molecule is CCCOC(=O)C(C)[Si](C)(C)OC. The minimum atomic E-state index is -1.87. The van der Waals surface area contributed by atoms with Crippen LogP contribution < -0.4 is 0 Å². The molecule has 0 saturated carbocycles. The Hall–Kier alpha value is -0.353. The fraction of sp³-hybridized carbons (Fsp3) is 0.889. The van der Waals surface area contributed by atoms with Crippen LogP contribution >= 0.6 is 0 Å². The Morgan fingerprint density at radius 3 is 2.38 bits per heavy atom. The lowest BCUT2D eigenvalue weighted by atomic mass is 10.5. The van der Waals surface area contributed by atoms with Gasteiger partial charge in [-0.2, -0.15) is 0 Å². The van der Waals surface area contributed by atoms with Crippen molar-refractivity contribution in [2.45, 2.75) is 38.9 Å². The first-order chi connectivity index (χ1) is 5.95. The van der Waals surface area contributed by atoms with Gasteiger partial charge >= 0.3 is 5.97 Å². The average molecular weight is 204 g/mol. The summed E-state index contributed by atoms with van der Waals surface area (Å²) in [6.07, 6.45) is 0.868. The van der Waals surface area contributed by atoms with Crippen molar-refractivity contribution < 1.29 is 14.0 Å². The van der Waals surface area contributed by atoms with Crippen molar-refractivity contribution in [1.29, 1.82) is 0 Å². The molecule has 3 nitrogen and oxygen atoms in total. The van der Waals surface area contributed by atoms with E-state index in [4.69, 9.17) is 9.16 Å². The molecule has 0 aromatic rings. The van der Waals surface area contributed by atoms with Gasteiger partial charge in [0.1, 0.15) is 0 Å². The summed E-state index contributed by atoms with van der Waals surface area (Å²) < 4.78 is 10.4. The van der Waals surface area contributed by atoms with E-state index in [-0.39, 0.29) is 11.5 Å². The van der Waals surface area contributed by atoms with E-state index in [1.807, 2.05) is 26.9 Å². The molecule has 0 saturated heterocycles. The largest absolute Gasteiger partial charge is 0.466 e. The molecule has 0 bridgehead atoms. The van der Waals surface area contributed by atoms with Crippen molar-refractivity contribution in [1.82, 2.24) is 0 Å². The van der Waals surface area contributed by atoms with Crippen molar-refractivity contribution in [3.05, 3.63) is 0 Å². The summed E-state index contributed by atoms with van der Waals surface area (Å²) >= 11 is 0. The smallest absolute Gasteiger partial charge is 0.308 e. The van der Waals surface area contributed by atoms with Crippen LogP contribution in [0.2, 0.25) is 18.6 Å². The van der Waals surface area contributed by atoms with E-state index >= 15 is 0 Å². The highest BCUT2D eigenvalue weighted by atomic mass is 28.4. The summed E-state index contributed by atoms with van der Waals surface area (Å²) in [6, 6.07) is 0. The number of hydrogen-bond donors (Lipinski definition) is 0. The Morgan fingerprint density at radius 1 is 1.46 bits per heavy atom. The minimum Gasteiger partial charge on any atom is -0.466 e. The molecule has 13 heavy (non-hydrogen) atoms. The second-order valence-electron chi connectivity index (χ2n) is 3.70. The third-order valence-electron chi connectivity index (χ3n) is 2.37. The molecule has 1 unspecified atom stereocenters. The summed E-state index contributed by atoms with van der Waals surface area (Å²) in [5, 5.41) is 0. The van der Waals surface area contributed by atoms with E-state index in [1.54, 1.807) is 7.11 Å². The zero-order chi connectivity index (χ0) is 10.5. The number of hydrogen-bond acceptors (Lipinski definition) is 3. The molecule has 78 valence electrons. The monoisotopic (exact) mass is 204 g/mol. The van der Waals surface area contributed by atoms with Gasteiger partial charge < -0.3 is 9.16 Å². The summed E-state index contributed by atoms with van der Waals surface area (Å²) in [6.45, 7) is 8.41. The van der Waals surface area contributed by atoms with Gasteiger partial charge in [0.25, 0.3) is 0 Å². The maximum Gasteiger partial charge on any atom is 0.308 e. The Balaban J connectivity index is 4.09. The zero-order valence-corrected chi connectivity index (χ0v) is 10.2. The van der Waals surface area contributed by atoms with Crippen molar-refractivity contribution in [3.63, 3.8) is 0 Å². The fourth-order valence-corrected chi connectivity index (χ4v) is 1.79. The van der Waals surface area contributed by atoms with Crippen LogP contribution in [0.15, 0.2) is 0 Å². The van der Waals surface area contributed by atoms with Gasteiger partial charge in [-0.3, -0.25) is 4.79 Å². The third-order valence-corrected chi connectivity index (χ3v) is 5.74. The van der Waals surface area contributed by atoms with Gasteiger partial charge in [0.05, 0.1) is 12.1 Å². The molecule has 0 N–H and O–H groups in total. The Kier molecular flexibility index (Phi) is 5.25. The maximum absolute atomic E-state index is 11.4. The fourth-order valence-electron chi connectivity index (χ4n) is 0.788. The lowest BCUT2D eigenvalue weighted by molar-refractivity contribution is -0.143. The first-order valence-corrected chi connectivity index (χ1v) is 7.66. The molecule has 4 heteroatoms. The third kappa shape index (κ3) is 3.91. The van der Waals surface area contributed by atoms with Crippen LogP contribution in [0.5, 0.6) is 0 Å². The highest BCUT2D eigenvalue weighted by molar-refractivity contribution is 6.75. The first-order valence-electron chi connectivity index (χ1n) is 4.67. The predicted molar refractivity (Wildman–Crippen MR) is 55.2 cm³/mol. The Morgan fingerprint density at radius 2 is 2.00 bits per heavy atom. The molecule has 0 aliphatic carbocycles. The molecule has 0 fully saturated rings. The second-order valence-corrected chi connectivity index (χ2v) is 8.18. The quantitative estimate of drug-likeness (QED) is 0.508. The zero-order valence-electron chi connectivity index (χ0n) is 9.22. The van der Waals surface area contributed by atoms with Crippen molar-refractivity contribution >= 4 is 14.3 Å². The van der Waals surface area contributed by atoms with Crippen LogP contribution in [0.3, 0.4) is 0 Å². The van der Waals surface area contributed by atoms with Gasteiger partial charge in [-0.1, -0.05) is 13.8 Å². The topological polar surface area (TPSA) is 35.5 Å². The van der Waals surface area contributed by atoms with E-state index < -0.39 is 8.32 Å². The van der Waals surface area contributed by atoms with Crippen LogP contribution in [0.25, 0.3) is 0 Å². The van der Waals surface area contributed by atoms with Crippen molar-refractivity contribution in [3.8, 4) is 0 Å². The minimum absolute atomic E-state index is 0.0935.